The van der Waals surface area contributed by atoms with Crippen molar-refractivity contribution in [2.75, 3.05) is 37.0 Å². The lowest BCUT2D eigenvalue weighted by Gasteiger charge is -2.24. The average molecular weight is 346 g/mol. The van der Waals surface area contributed by atoms with Crippen LogP contribution < -0.4 is 10.2 Å². The van der Waals surface area contributed by atoms with Crippen LogP contribution in [0.1, 0.15) is 6.42 Å². The molecule has 0 bridgehead atoms. The molecule has 0 spiro atoms. The smallest absolute Gasteiger partial charge is 0.221 e. The number of hydrogen-bond acceptors (Lipinski definition) is 6. The molecule has 1 amide bonds. The van der Waals surface area contributed by atoms with E-state index in [-0.39, 0.29) is 22.1 Å². The minimum absolute atomic E-state index is 0.0372. The van der Waals surface area contributed by atoms with Gasteiger partial charge < -0.3 is 10.2 Å². The molecule has 0 unspecified atom stereocenters. The summed E-state index contributed by atoms with van der Waals surface area (Å²) < 4.78 is 47.3. The summed E-state index contributed by atoms with van der Waals surface area (Å²) in [5.41, 5.74) is 0.423. The van der Waals surface area contributed by atoms with Gasteiger partial charge in [0.25, 0.3) is 0 Å². The summed E-state index contributed by atoms with van der Waals surface area (Å²) in [4.78, 5) is 13.1. The van der Waals surface area contributed by atoms with E-state index in [1.807, 2.05) is 0 Å². The Morgan fingerprint density at radius 1 is 1.05 bits per heavy atom. The standard InChI is InChI=1S/C13H18N2O5S2/c1-21(17,18)10-3-4-11(12(9-10)22(2,19)20)15-7-5-13(16)14-6-8-15/h3-4,9H,5-8H2,1-2H3,(H,14,16). The molecule has 1 N–H and O–H groups in total. The largest absolute Gasteiger partial charge is 0.368 e. The highest BCUT2D eigenvalue weighted by Gasteiger charge is 2.23. The van der Waals surface area contributed by atoms with Crippen molar-refractivity contribution in [2.24, 2.45) is 0 Å². The van der Waals surface area contributed by atoms with Crippen molar-refractivity contribution in [3.05, 3.63) is 18.2 Å². The van der Waals surface area contributed by atoms with E-state index in [9.17, 15) is 21.6 Å². The van der Waals surface area contributed by atoms with Gasteiger partial charge in [-0.2, -0.15) is 0 Å². The topological polar surface area (TPSA) is 101 Å². The zero-order chi connectivity index (χ0) is 16.5. The van der Waals surface area contributed by atoms with Gasteiger partial charge in [0.15, 0.2) is 19.7 Å². The third-order valence-electron chi connectivity index (χ3n) is 3.41. The first-order chi connectivity index (χ1) is 10.1. The maximum Gasteiger partial charge on any atom is 0.221 e. The lowest BCUT2D eigenvalue weighted by molar-refractivity contribution is -0.120. The van der Waals surface area contributed by atoms with Crippen LogP contribution in [0, 0.1) is 0 Å². The first-order valence-corrected chi connectivity index (χ1v) is 10.4. The Kier molecular flexibility index (Phi) is 4.48. The second kappa shape index (κ2) is 5.88. The quantitative estimate of drug-likeness (QED) is 0.815. The van der Waals surface area contributed by atoms with Gasteiger partial charge in [-0.25, -0.2) is 16.8 Å². The van der Waals surface area contributed by atoms with Crippen LogP contribution in [0.3, 0.4) is 0 Å². The third kappa shape index (κ3) is 3.77. The maximum atomic E-state index is 12.0. The van der Waals surface area contributed by atoms with E-state index in [0.29, 0.717) is 25.3 Å². The molecule has 0 aliphatic carbocycles. The van der Waals surface area contributed by atoms with E-state index in [4.69, 9.17) is 0 Å². The van der Waals surface area contributed by atoms with Gasteiger partial charge in [-0.15, -0.1) is 0 Å². The molecule has 0 radical (unpaired) electrons. The molecule has 0 aromatic heterocycles. The third-order valence-corrected chi connectivity index (χ3v) is 5.65. The lowest BCUT2D eigenvalue weighted by atomic mass is 10.2. The summed E-state index contributed by atoms with van der Waals surface area (Å²) in [5.74, 6) is -0.0869. The zero-order valence-electron chi connectivity index (χ0n) is 12.4. The molecule has 1 aromatic rings. The molecule has 1 fully saturated rings. The van der Waals surface area contributed by atoms with Crippen molar-refractivity contribution < 1.29 is 21.6 Å². The zero-order valence-corrected chi connectivity index (χ0v) is 14.0. The Hall–Kier alpha value is -1.61. The van der Waals surface area contributed by atoms with Crippen molar-refractivity contribution in [3.8, 4) is 0 Å². The van der Waals surface area contributed by atoms with Crippen LogP contribution in [-0.4, -0.2) is 54.9 Å². The Morgan fingerprint density at radius 2 is 1.73 bits per heavy atom. The Morgan fingerprint density at radius 3 is 2.32 bits per heavy atom. The monoisotopic (exact) mass is 346 g/mol. The molecule has 1 aliphatic heterocycles. The van der Waals surface area contributed by atoms with Crippen LogP contribution in [0.2, 0.25) is 0 Å². The van der Waals surface area contributed by atoms with Gasteiger partial charge in [0.05, 0.1) is 15.5 Å². The van der Waals surface area contributed by atoms with Crippen LogP contribution in [0.5, 0.6) is 0 Å². The van der Waals surface area contributed by atoms with Crippen molar-refractivity contribution in [1.82, 2.24) is 5.32 Å². The number of rotatable bonds is 3. The van der Waals surface area contributed by atoms with Gasteiger partial charge in [-0.3, -0.25) is 4.79 Å². The van der Waals surface area contributed by atoms with Gasteiger partial charge in [0.1, 0.15) is 0 Å². The van der Waals surface area contributed by atoms with E-state index in [2.05, 4.69) is 5.32 Å². The fourth-order valence-corrected chi connectivity index (χ4v) is 3.93. The SMILES string of the molecule is CS(=O)(=O)c1ccc(N2CCNC(=O)CC2)c(S(C)(=O)=O)c1. The summed E-state index contributed by atoms with van der Waals surface area (Å²) in [6.45, 7) is 1.26. The van der Waals surface area contributed by atoms with Crippen LogP contribution in [0.15, 0.2) is 28.0 Å². The first kappa shape index (κ1) is 16.8. The van der Waals surface area contributed by atoms with Crippen molar-refractivity contribution >= 4 is 31.3 Å². The highest BCUT2D eigenvalue weighted by molar-refractivity contribution is 7.91. The van der Waals surface area contributed by atoms with E-state index in [1.54, 1.807) is 4.90 Å². The Balaban J connectivity index is 2.53. The highest BCUT2D eigenvalue weighted by Crippen LogP contribution is 2.28. The van der Waals surface area contributed by atoms with Gasteiger partial charge in [0, 0.05) is 38.6 Å². The number of carbonyl (C=O) groups is 1. The molecule has 0 saturated carbocycles. The second-order valence-electron chi connectivity index (χ2n) is 5.26. The number of nitrogens with zero attached hydrogens (tertiary/aromatic N) is 1. The van der Waals surface area contributed by atoms with Gasteiger partial charge >= 0.3 is 0 Å². The number of sulfone groups is 2. The molecule has 1 heterocycles. The number of nitrogens with one attached hydrogen (secondary N) is 1. The van der Waals surface area contributed by atoms with E-state index in [0.717, 1.165) is 12.5 Å². The fraction of sp³-hybridized carbons (Fsp3) is 0.462. The van der Waals surface area contributed by atoms with Crippen molar-refractivity contribution in [3.63, 3.8) is 0 Å². The molecule has 0 atom stereocenters. The van der Waals surface area contributed by atoms with Crippen LogP contribution in [0.4, 0.5) is 5.69 Å². The van der Waals surface area contributed by atoms with E-state index >= 15 is 0 Å². The number of benzene rings is 1. The van der Waals surface area contributed by atoms with Gasteiger partial charge in [-0.1, -0.05) is 0 Å². The molecule has 9 heteroatoms. The summed E-state index contributed by atoms with van der Waals surface area (Å²) in [6.07, 6.45) is 2.33. The average Bonchev–Trinajstić information content (AvgIpc) is 2.61. The van der Waals surface area contributed by atoms with Crippen LogP contribution >= 0.6 is 0 Å². The molecule has 22 heavy (non-hydrogen) atoms. The summed E-state index contributed by atoms with van der Waals surface area (Å²) >= 11 is 0. The Bertz CT molecular complexity index is 800. The predicted molar refractivity (Wildman–Crippen MR) is 82.5 cm³/mol. The van der Waals surface area contributed by atoms with Crippen molar-refractivity contribution in [1.29, 1.82) is 0 Å². The highest BCUT2D eigenvalue weighted by atomic mass is 32.2. The molecule has 1 aromatic carbocycles. The number of anilines is 1. The normalized spacial score (nSPS) is 17.0. The lowest BCUT2D eigenvalue weighted by Crippen LogP contribution is -2.29. The maximum absolute atomic E-state index is 12.0. The molecular formula is C13H18N2O5S2. The van der Waals surface area contributed by atoms with Crippen LogP contribution in [0.25, 0.3) is 0 Å². The molecule has 2 rings (SSSR count). The van der Waals surface area contributed by atoms with Crippen LogP contribution in [-0.2, 0) is 24.5 Å². The number of carbonyl (C=O) groups excluding carboxylic acids is 1. The van der Waals surface area contributed by atoms with E-state index in [1.165, 1.54) is 18.2 Å². The van der Waals surface area contributed by atoms with Crippen molar-refractivity contribution in [2.45, 2.75) is 16.2 Å². The summed E-state index contributed by atoms with van der Waals surface area (Å²) in [6, 6.07) is 4.06. The number of hydrogen-bond donors (Lipinski definition) is 1. The molecule has 1 aliphatic rings. The minimum Gasteiger partial charge on any atom is -0.368 e. The molecular weight excluding hydrogens is 328 g/mol. The Labute approximate surface area is 130 Å². The number of amides is 1. The van der Waals surface area contributed by atoms with E-state index < -0.39 is 19.7 Å². The predicted octanol–water partition coefficient (Wildman–Crippen LogP) is -0.180. The first-order valence-electron chi connectivity index (χ1n) is 6.65. The molecule has 1 saturated heterocycles. The summed E-state index contributed by atoms with van der Waals surface area (Å²) in [5, 5.41) is 2.71. The van der Waals surface area contributed by atoms with Gasteiger partial charge in [0.2, 0.25) is 5.91 Å². The van der Waals surface area contributed by atoms with Gasteiger partial charge in [-0.05, 0) is 18.2 Å². The minimum atomic E-state index is -3.60. The second-order valence-corrected chi connectivity index (χ2v) is 9.26. The fourth-order valence-electron chi connectivity index (χ4n) is 2.29. The molecule has 122 valence electrons. The molecule has 7 nitrogen and oxygen atoms in total. The summed E-state index contributed by atoms with van der Waals surface area (Å²) in [7, 11) is -7.10.